The van der Waals surface area contributed by atoms with Gasteiger partial charge in [0, 0.05) is 44.4 Å². The number of aryl methyl sites for hydroxylation is 1. The van der Waals surface area contributed by atoms with E-state index in [1.54, 1.807) is 7.11 Å². The number of carbonyl (C=O) groups excluding carboxylic acids is 2. The van der Waals surface area contributed by atoms with Gasteiger partial charge in [0.25, 0.3) is 0 Å². The molecule has 27 heavy (non-hydrogen) atoms. The first-order chi connectivity index (χ1) is 13.0. The van der Waals surface area contributed by atoms with Gasteiger partial charge in [-0.15, -0.1) is 0 Å². The van der Waals surface area contributed by atoms with E-state index in [9.17, 15) is 9.59 Å². The summed E-state index contributed by atoms with van der Waals surface area (Å²) in [6.07, 6.45) is 6.12. The van der Waals surface area contributed by atoms with Crippen LogP contribution in [-0.2, 0) is 16.0 Å². The number of benzene rings is 1. The Balaban J connectivity index is 1.50. The van der Waals surface area contributed by atoms with Crippen LogP contribution >= 0.6 is 0 Å². The Morgan fingerprint density at radius 1 is 1.19 bits per heavy atom. The maximum absolute atomic E-state index is 12.8. The number of rotatable bonds is 6. The van der Waals surface area contributed by atoms with Crippen LogP contribution in [0.4, 0.5) is 0 Å². The molecule has 0 unspecified atom stereocenters. The average molecular weight is 373 g/mol. The molecule has 148 valence electrons. The fraction of sp³-hybridized carbons (Fsp3) is 0.636. The highest BCUT2D eigenvalue weighted by Gasteiger charge is 2.42. The quantitative estimate of drug-likeness (QED) is 0.770. The van der Waals surface area contributed by atoms with E-state index < -0.39 is 0 Å². The van der Waals surface area contributed by atoms with Gasteiger partial charge in [0.15, 0.2) is 0 Å². The van der Waals surface area contributed by atoms with Gasteiger partial charge in [-0.1, -0.05) is 12.1 Å². The normalized spacial score (nSPS) is 23.0. The number of methoxy groups -OCH3 is 1. The van der Waals surface area contributed by atoms with E-state index in [0.717, 1.165) is 64.0 Å². The predicted molar refractivity (Wildman–Crippen MR) is 106 cm³/mol. The molecular formula is C22H32N2O3. The van der Waals surface area contributed by atoms with Gasteiger partial charge in [-0.2, -0.15) is 0 Å². The summed E-state index contributed by atoms with van der Waals surface area (Å²) in [4.78, 5) is 28.8. The van der Waals surface area contributed by atoms with Gasteiger partial charge in [0.05, 0.1) is 7.11 Å². The molecule has 1 aromatic rings. The average Bonchev–Trinajstić information content (AvgIpc) is 2.70. The summed E-state index contributed by atoms with van der Waals surface area (Å²) in [6, 6.07) is 8.07. The molecule has 0 bridgehead atoms. The van der Waals surface area contributed by atoms with Crippen LogP contribution in [0.5, 0.6) is 5.75 Å². The predicted octanol–water partition coefficient (Wildman–Crippen LogP) is 3.27. The second-order valence-electron chi connectivity index (χ2n) is 8.03. The Morgan fingerprint density at radius 3 is 2.67 bits per heavy atom. The van der Waals surface area contributed by atoms with Crippen molar-refractivity contribution in [1.82, 2.24) is 9.80 Å². The third-order valence-corrected chi connectivity index (χ3v) is 6.16. The van der Waals surface area contributed by atoms with Crippen LogP contribution in [0, 0.1) is 5.41 Å². The Bertz CT molecular complexity index is 658. The molecule has 1 aromatic carbocycles. The molecule has 0 radical (unpaired) electrons. The monoisotopic (exact) mass is 372 g/mol. The molecule has 2 saturated heterocycles. The lowest BCUT2D eigenvalue weighted by Gasteiger charge is -2.48. The Hall–Kier alpha value is -2.04. The second kappa shape index (κ2) is 8.77. The molecule has 0 aromatic heterocycles. The zero-order valence-electron chi connectivity index (χ0n) is 16.7. The van der Waals surface area contributed by atoms with Crippen LogP contribution < -0.4 is 4.74 Å². The smallest absolute Gasteiger partial charge is 0.222 e. The molecule has 2 aliphatic heterocycles. The van der Waals surface area contributed by atoms with Crippen LogP contribution in [0.2, 0.25) is 0 Å². The maximum atomic E-state index is 12.8. The van der Waals surface area contributed by atoms with Crippen molar-refractivity contribution in [2.24, 2.45) is 5.41 Å². The molecule has 2 heterocycles. The number of hydrogen-bond acceptors (Lipinski definition) is 3. The number of nitrogens with zero attached hydrogens (tertiary/aromatic N) is 2. The molecule has 0 N–H and O–H groups in total. The number of piperidine rings is 2. The van der Waals surface area contributed by atoms with Crippen LogP contribution in [-0.4, -0.2) is 54.9 Å². The van der Waals surface area contributed by atoms with E-state index in [4.69, 9.17) is 4.74 Å². The summed E-state index contributed by atoms with van der Waals surface area (Å²) in [5.41, 5.74) is 1.36. The highest BCUT2D eigenvalue weighted by Crippen LogP contribution is 2.39. The fourth-order valence-electron chi connectivity index (χ4n) is 4.54. The first-order valence-corrected chi connectivity index (χ1v) is 10.2. The minimum atomic E-state index is 0.119. The zero-order valence-corrected chi connectivity index (χ0v) is 16.7. The maximum Gasteiger partial charge on any atom is 0.222 e. The molecule has 0 aliphatic carbocycles. The number of amides is 2. The van der Waals surface area contributed by atoms with Gasteiger partial charge in [-0.05, 0) is 56.7 Å². The van der Waals surface area contributed by atoms with Crippen LogP contribution in [0.25, 0.3) is 0 Å². The second-order valence-corrected chi connectivity index (χ2v) is 8.03. The number of hydrogen-bond donors (Lipinski definition) is 0. The molecular weight excluding hydrogens is 340 g/mol. The molecule has 5 heteroatoms. The minimum Gasteiger partial charge on any atom is -0.497 e. The van der Waals surface area contributed by atoms with E-state index in [2.05, 4.69) is 17.0 Å². The Morgan fingerprint density at radius 2 is 1.96 bits per heavy atom. The van der Waals surface area contributed by atoms with Gasteiger partial charge in [0.2, 0.25) is 11.8 Å². The summed E-state index contributed by atoms with van der Waals surface area (Å²) < 4.78 is 5.18. The summed E-state index contributed by atoms with van der Waals surface area (Å²) in [5, 5.41) is 0. The largest absolute Gasteiger partial charge is 0.497 e. The van der Waals surface area contributed by atoms with E-state index in [-0.39, 0.29) is 17.2 Å². The van der Waals surface area contributed by atoms with Crippen molar-refractivity contribution in [2.45, 2.75) is 51.9 Å². The van der Waals surface area contributed by atoms with Crippen LogP contribution in [0.15, 0.2) is 24.3 Å². The zero-order chi connectivity index (χ0) is 19.3. The van der Waals surface area contributed by atoms with E-state index in [1.807, 2.05) is 24.0 Å². The van der Waals surface area contributed by atoms with Crippen molar-refractivity contribution in [3.05, 3.63) is 29.8 Å². The molecule has 2 amide bonds. The third-order valence-electron chi connectivity index (χ3n) is 6.16. The van der Waals surface area contributed by atoms with Crippen molar-refractivity contribution >= 4 is 11.8 Å². The number of carbonyl (C=O) groups is 2. The summed E-state index contributed by atoms with van der Waals surface area (Å²) >= 11 is 0. The van der Waals surface area contributed by atoms with Crippen LogP contribution in [0.1, 0.15) is 51.0 Å². The molecule has 2 fully saturated rings. The number of ether oxygens (including phenoxy) is 1. The lowest BCUT2D eigenvalue weighted by atomic mass is 9.73. The third kappa shape index (κ3) is 4.82. The lowest BCUT2D eigenvalue weighted by Crippen LogP contribution is -2.55. The van der Waals surface area contributed by atoms with E-state index >= 15 is 0 Å². The molecule has 1 spiro atoms. The molecule has 2 aliphatic rings. The topological polar surface area (TPSA) is 49.9 Å². The van der Waals surface area contributed by atoms with Gasteiger partial charge in [0.1, 0.15) is 5.75 Å². The summed E-state index contributed by atoms with van der Waals surface area (Å²) in [5.74, 6) is 1.40. The number of likely N-dealkylation sites (tertiary alicyclic amines) is 2. The van der Waals surface area contributed by atoms with E-state index in [0.29, 0.717) is 12.8 Å². The highest BCUT2D eigenvalue weighted by molar-refractivity contribution is 5.78. The van der Waals surface area contributed by atoms with E-state index in [1.165, 1.54) is 5.56 Å². The van der Waals surface area contributed by atoms with Gasteiger partial charge in [-0.25, -0.2) is 0 Å². The summed E-state index contributed by atoms with van der Waals surface area (Å²) in [6.45, 7) is 5.32. The van der Waals surface area contributed by atoms with Gasteiger partial charge >= 0.3 is 0 Å². The standard InChI is InChI=1S/C22H32N2O3/c1-3-23-16-22(14-12-21(23)26)13-5-15-24(17-22)20(25)7-4-6-18-8-10-19(27-2)11-9-18/h8-11H,3-7,12-17H2,1-2H3/t22-/m1/s1. The fourth-order valence-corrected chi connectivity index (χ4v) is 4.54. The van der Waals surface area contributed by atoms with Gasteiger partial charge in [-0.3, -0.25) is 9.59 Å². The van der Waals surface area contributed by atoms with Crippen molar-refractivity contribution < 1.29 is 14.3 Å². The molecule has 5 nitrogen and oxygen atoms in total. The molecule has 0 saturated carbocycles. The molecule has 3 rings (SSSR count). The van der Waals surface area contributed by atoms with Crippen LogP contribution in [0.3, 0.4) is 0 Å². The Kier molecular flexibility index (Phi) is 6.40. The van der Waals surface area contributed by atoms with Crippen molar-refractivity contribution in [1.29, 1.82) is 0 Å². The SMILES string of the molecule is CCN1C[C@@]2(CCCN(C(=O)CCCc3ccc(OC)cc3)C2)CCC1=O. The van der Waals surface area contributed by atoms with Crippen molar-refractivity contribution in [2.75, 3.05) is 33.3 Å². The van der Waals surface area contributed by atoms with Crippen molar-refractivity contribution in [3.63, 3.8) is 0 Å². The first kappa shape index (κ1) is 19.7. The van der Waals surface area contributed by atoms with Crippen molar-refractivity contribution in [3.8, 4) is 5.75 Å². The first-order valence-electron chi connectivity index (χ1n) is 10.2. The lowest BCUT2D eigenvalue weighted by molar-refractivity contribution is -0.142. The summed E-state index contributed by atoms with van der Waals surface area (Å²) in [7, 11) is 1.67. The molecule has 1 atom stereocenters. The Labute approximate surface area is 162 Å². The minimum absolute atomic E-state index is 0.119. The highest BCUT2D eigenvalue weighted by atomic mass is 16.5. The van der Waals surface area contributed by atoms with Gasteiger partial charge < -0.3 is 14.5 Å².